The second-order valence-corrected chi connectivity index (χ2v) is 8.20. The Morgan fingerprint density at radius 3 is 2.61 bits per heavy atom. The Kier molecular flexibility index (Phi) is 5.81. The molecule has 146 valence electrons. The van der Waals surface area contributed by atoms with Crippen LogP contribution in [0.2, 0.25) is 5.02 Å². The normalized spacial score (nSPS) is 22.3. The third-order valence-electron chi connectivity index (χ3n) is 6.13. The van der Waals surface area contributed by atoms with Gasteiger partial charge in [-0.3, -0.25) is 5.10 Å². The minimum Gasteiger partial charge on any atom is -0.330 e. The molecule has 0 aliphatic heterocycles. The maximum absolute atomic E-state index is 6.22. The fourth-order valence-corrected chi connectivity index (χ4v) is 4.56. The first-order chi connectivity index (χ1) is 13.7. The molecule has 0 atom stereocenters. The lowest BCUT2D eigenvalue weighted by atomic mass is 9.68. The highest BCUT2D eigenvalue weighted by Gasteiger charge is 2.35. The third kappa shape index (κ3) is 4.00. The molecular formula is C23H27ClN4. The summed E-state index contributed by atoms with van der Waals surface area (Å²) in [5.41, 5.74) is 11.0. The van der Waals surface area contributed by atoms with Crippen LogP contribution in [0.3, 0.4) is 0 Å². The van der Waals surface area contributed by atoms with Gasteiger partial charge in [0.2, 0.25) is 0 Å². The summed E-state index contributed by atoms with van der Waals surface area (Å²) >= 11 is 6.22. The molecule has 1 aliphatic rings. The second kappa shape index (κ2) is 8.48. The van der Waals surface area contributed by atoms with Crippen molar-refractivity contribution in [3.63, 3.8) is 0 Å². The quantitative estimate of drug-likeness (QED) is 0.569. The molecule has 0 spiro atoms. The van der Waals surface area contributed by atoms with E-state index in [-0.39, 0.29) is 5.41 Å². The molecule has 1 heterocycles. The van der Waals surface area contributed by atoms with Crippen molar-refractivity contribution in [2.75, 3.05) is 6.54 Å². The molecule has 1 aromatic heterocycles. The monoisotopic (exact) mass is 394 g/mol. The maximum atomic E-state index is 6.22. The maximum Gasteiger partial charge on any atom is 0.0838 e. The number of benzene rings is 2. The Bertz CT molecular complexity index is 898. The number of hydrogen-bond donors (Lipinski definition) is 3. The van der Waals surface area contributed by atoms with E-state index in [0.717, 1.165) is 42.9 Å². The number of rotatable bonds is 6. The molecule has 1 saturated carbocycles. The number of nitrogens with zero attached hydrogens (tertiary/aromatic N) is 1. The van der Waals surface area contributed by atoms with Gasteiger partial charge in [0.25, 0.3) is 0 Å². The second-order valence-electron chi connectivity index (χ2n) is 7.76. The van der Waals surface area contributed by atoms with Crippen LogP contribution in [0.15, 0.2) is 60.8 Å². The summed E-state index contributed by atoms with van der Waals surface area (Å²) in [4.78, 5) is 0. The van der Waals surface area contributed by atoms with Gasteiger partial charge in [0.15, 0.2) is 0 Å². The molecule has 4 nitrogen and oxygen atoms in total. The Hall–Kier alpha value is -2.14. The summed E-state index contributed by atoms with van der Waals surface area (Å²) < 4.78 is 0. The van der Waals surface area contributed by atoms with Crippen molar-refractivity contribution in [3.8, 4) is 11.1 Å². The molecule has 0 bridgehead atoms. The zero-order valence-corrected chi connectivity index (χ0v) is 16.8. The van der Waals surface area contributed by atoms with Crippen LogP contribution >= 0.6 is 11.6 Å². The van der Waals surface area contributed by atoms with Gasteiger partial charge in [0.05, 0.1) is 5.69 Å². The van der Waals surface area contributed by atoms with Gasteiger partial charge in [-0.1, -0.05) is 54.1 Å². The molecule has 4 N–H and O–H groups in total. The van der Waals surface area contributed by atoms with E-state index in [1.807, 2.05) is 24.4 Å². The molecule has 0 radical (unpaired) electrons. The van der Waals surface area contributed by atoms with Gasteiger partial charge in [0, 0.05) is 41.3 Å². The standard InChI is InChI=1S/C23H27ClN4/c24-19-8-4-7-18(13-19)23(16-25)11-9-20(10-12-23)26-15-22-21(14-27-28-22)17-5-2-1-3-6-17/h1-8,13-14,20,26H,9-12,15-16,25H2,(H,27,28). The van der Waals surface area contributed by atoms with Crippen LogP contribution in [0.5, 0.6) is 0 Å². The van der Waals surface area contributed by atoms with E-state index in [1.54, 1.807) is 0 Å². The SMILES string of the molecule is NCC1(c2cccc(Cl)c2)CCC(NCc2n[nH]cc2-c2ccccc2)CC1. The van der Waals surface area contributed by atoms with Crippen molar-refractivity contribution in [3.05, 3.63) is 77.1 Å². The lowest BCUT2D eigenvalue weighted by molar-refractivity contribution is 0.250. The van der Waals surface area contributed by atoms with Crippen LogP contribution in [0.4, 0.5) is 0 Å². The van der Waals surface area contributed by atoms with Crippen LogP contribution in [0.1, 0.15) is 36.9 Å². The highest BCUT2D eigenvalue weighted by Crippen LogP contribution is 2.39. The fourth-order valence-electron chi connectivity index (χ4n) is 4.37. The zero-order valence-electron chi connectivity index (χ0n) is 16.0. The summed E-state index contributed by atoms with van der Waals surface area (Å²) in [6.45, 7) is 1.43. The van der Waals surface area contributed by atoms with Crippen molar-refractivity contribution in [1.82, 2.24) is 15.5 Å². The van der Waals surface area contributed by atoms with Crippen LogP contribution in [0, 0.1) is 0 Å². The van der Waals surface area contributed by atoms with E-state index in [2.05, 4.69) is 51.9 Å². The average molecular weight is 395 g/mol. The largest absolute Gasteiger partial charge is 0.330 e. The van der Waals surface area contributed by atoms with Crippen LogP contribution < -0.4 is 11.1 Å². The van der Waals surface area contributed by atoms with Crippen molar-refractivity contribution >= 4 is 11.6 Å². The first kappa shape index (κ1) is 19.2. The minimum absolute atomic E-state index is 0.0462. The van der Waals surface area contributed by atoms with Gasteiger partial charge in [-0.15, -0.1) is 0 Å². The minimum atomic E-state index is 0.0462. The molecule has 5 heteroatoms. The number of nitrogens with one attached hydrogen (secondary N) is 2. The van der Waals surface area contributed by atoms with Crippen molar-refractivity contribution in [1.29, 1.82) is 0 Å². The predicted octanol–water partition coefficient (Wildman–Crippen LogP) is 4.66. The smallest absolute Gasteiger partial charge is 0.0838 e. The third-order valence-corrected chi connectivity index (χ3v) is 6.37. The number of nitrogens with two attached hydrogens (primary N) is 1. The fraction of sp³-hybridized carbons (Fsp3) is 0.348. The van der Waals surface area contributed by atoms with E-state index in [4.69, 9.17) is 17.3 Å². The lowest BCUT2D eigenvalue weighted by Gasteiger charge is -2.40. The Morgan fingerprint density at radius 1 is 1.11 bits per heavy atom. The molecule has 0 amide bonds. The Labute approximate surface area is 171 Å². The highest BCUT2D eigenvalue weighted by molar-refractivity contribution is 6.30. The van der Waals surface area contributed by atoms with Gasteiger partial charge < -0.3 is 11.1 Å². The number of hydrogen-bond acceptors (Lipinski definition) is 3. The molecule has 1 fully saturated rings. The molecule has 4 rings (SSSR count). The molecule has 2 aromatic carbocycles. The van der Waals surface area contributed by atoms with E-state index >= 15 is 0 Å². The number of aromatic amines is 1. The zero-order chi connectivity index (χ0) is 19.4. The van der Waals surface area contributed by atoms with Gasteiger partial charge in [0.1, 0.15) is 0 Å². The van der Waals surface area contributed by atoms with Gasteiger partial charge in [-0.25, -0.2) is 0 Å². The molecule has 28 heavy (non-hydrogen) atoms. The van der Waals surface area contributed by atoms with E-state index in [0.29, 0.717) is 12.6 Å². The number of aromatic nitrogens is 2. The summed E-state index contributed by atoms with van der Waals surface area (Å²) in [6.07, 6.45) is 6.34. The number of halogens is 1. The van der Waals surface area contributed by atoms with E-state index in [1.165, 1.54) is 16.7 Å². The molecule has 0 unspecified atom stereocenters. The van der Waals surface area contributed by atoms with Crippen LogP contribution in [0.25, 0.3) is 11.1 Å². The molecule has 0 saturated heterocycles. The molecule has 3 aromatic rings. The number of H-pyrrole nitrogens is 1. The topological polar surface area (TPSA) is 66.7 Å². The van der Waals surface area contributed by atoms with E-state index in [9.17, 15) is 0 Å². The van der Waals surface area contributed by atoms with Gasteiger partial charge in [-0.05, 0) is 48.9 Å². The first-order valence-corrected chi connectivity index (χ1v) is 10.4. The van der Waals surface area contributed by atoms with Crippen molar-refractivity contribution < 1.29 is 0 Å². The van der Waals surface area contributed by atoms with Crippen LogP contribution in [-0.2, 0) is 12.0 Å². The van der Waals surface area contributed by atoms with E-state index < -0.39 is 0 Å². The summed E-state index contributed by atoms with van der Waals surface area (Å²) in [7, 11) is 0. The Balaban J connectivity index is 1.39. The summed E-state index contributed by atoms with van der Waals surface area (Å²) in [5, 5.41) is 12.0. The highest BCUT2D eigenvalue weighted by atomic mass is 35.5. The van der Waals surface area contributed by atoms with Crippen molar-refractivity contribution in [2.45, 2.75) is 43.7 Å². The summed E-state index contributed by atoms with van der Waals surface area (Å²) in [5.74, 6) is 0. The Morgan fingerprint density at radius 2 is 1.89 bits per heavy atom. The summed E-state index contributed by atoms with van der Waals surface area (Å²) in [6, 6.07) is 19.1. The first-order valence-electron chi connectivity index (χ1n) is 9.98. The average Bonchev–Trinajstić information content (AvgIpc) is 3.22. The molecule has 1 aliphatic carbocycles. The van der Waals surface area contributed by atoms with Crippen LogP contribution in [-0.4, -0.2) is 22.8 Å². The van der Waals surface area contributed by atoms with Gasteiger partial charge in [-0.2, -0.15) is 5.10 Å². The lowest BCUT2D eigenvalue weighted by Crippen LogP contribution is -2.43. The molecular weight excluding hydrogens is 368 g/mol. The predicted molar refractivity (Wildman–Crippen MR) is 115 cm³/mol. The van der Waals surface area contributed by atoms with Gasteiger partial charge >= 0.3 is 0 Å². The van der Waals surface area contributed by atoms with Crippen molar-refractivity contribution in [2.24, 2.45) is 5.73 Å².